The van der Waals surface area contributed by atoms with Gasteiger partial charge in [0.05, 0.1) is 27.7 Å². The van der Waals surface area contributed by atoms with Gasteiger partial charge in [0.2, 0.25) is 0 Å². The molecule has 0 aromatic heterocycles. The zero-order valence-corrected chi connectivity index (χ0v) is 21.9. The minimum Gasteiger partial charge on any atom is -0.870 e. The second kappa shape index (κ2) is 17.2. The van der Waals surface area contributed by atoms with Gasteiger partial charge in [-0.15, -0.1) is 0 Å². The summed E-state index contributed by atoms with van der Waals surface area (Å²) in [6, 6.07) is 0. The average Bonchev–Trinajstić information content (AvgIpc) is 3.03. The molecule has 1 aliphatic rings. The third-order valence-corrected chi connectivity index (χ3v) is 6.23. The normalized spacial score (nSPS) is 17.5. The predicted molar refractivity (Wildman–Crippen MR) is 131 cm³/mol. The van der Waals surface area contributed by atoms with Crippen molar-refractivity contribution < 1.29 is 29.0 Å². The zero-order chi connectivity index (χ0) is 24.5. The number of hydrogen-bond acceptors (Lipinski definition) is 5. The molecule has 0 spiro atoms. The minimum absolute atomic E-state index is 0.249. The van der Waals surface area contributed by atoms with Crippen LogP contribution < -0.4 is 5.11 Å². The van der Waals surface area contributed by atoms with Crippen LogP contribution in [0.2, 0.25) is 0 Å². The van der Waals surface area contributed by atoms with E-state index in [1.165, 1.54) is 83.5 Å². The Labute approximate surface area is 202 Å². The molecule has 0 unspecified atom stereocenters. The van der Waals surface area contributed by atoms with Gasteiger partial charge in [0.1, 0.15) is 18.8 Å². The van der Waals surface area contributed by atoms with Crippen LogP contribution in [0.3, 0.4) is 0 Å². The van der Waals surface area contributed by atoms with Gasteiger partial charge in [-0.05, 0) is 12.2 Å². The molecule has 0 bridgehead atoms. The van der Waals surface area contributed by atoms with E-state index in [1.807, 2.05) is 21.1 Å². The van der Waals surface area contributed by atoms with Gasteiger partial charge in [0.15, 0.2) is 5.76 Å². The minimum atomic E-state index is -1.14. The first-order chi connectivity index (χ1) is 15.8. The van der Waals surface area contributed by atoms with Gasteiger partial charge < -0.3 is 24.2 Å². The molecular formula is C27H51NO5. The van der Waals surface area contributed by atoms with E-state index in [4.69, 9.17) is 9.47 Å². The van der Waals surface area contributed by atoms with Crippen LogP contribution in [0.25, 0.3) is 0 Å². The van der Waals surface area contributed by atoms with Crippen molar-refractivity contribution in [2.24, 2.45) is 0 Å². The fraction of sp³-hybridized carbons (Fsp3) is 0.889. The van der Waals surface area contributed by atoms with Crippen molar-refractivity contribution in [2.75, 3.05) is 34.3 Å². The van der Waals surface area contributed by atoms with Crippen LogP contribution in [0.5, 0.6) is 0 Å². The number of carbonyl (C=O) groups is 1. The zero-order valence-electron chi connectivity index (χ0n) is 21.9. The number of unbranched alkanes of at least 4 members (excludes halogenated alkanes) is 15. The van der Waals surface area contributed by atoms with Crippen molar-refractivity contribution in [2.45, 2.75) is 122 Å². The number of aliphatic hydroxyl groups excluding tert-OH is 1. The average molecular weight is 470 g/mol. The van der Waals surface area contributed by atoms with Crippen LogP contribution in [-0.2, 0) is 14.3 Å². The summed E-state index contributed by atoms with van der Waals surface area (Å²) in [7, 11) is 5.72. The third-order valence-electron chi connectivity index (χ3n) is 6.23. The number of nitrogens with zero attached hydrogens (tertiary/aromatic N) is 1. The summed E-state index contributed by atoms with van der Waals surface area (Å²) in [5, 5.41) is 22.6. The largest absolute Gasteiger partial charge is 0.870 e. The summed E-state index contributed by atoms with van der Waals surface area (Å²) < 4.78 is 11.0. The number of esters is 1. The van der Waals surface area contributed by atoms with E-state index < -0.39 is 23.9 Å². The Morgan fingerprint density at radius 1 is 0.848 bits per heavy atom. The molecule has 6 heteroatoms. The van der Waals surface area contributed by atoms with E-state index in [9.17, 15) is 15.0 Å². The lowest BCUT2D eigenvalue weighted by Gasteiger charge is -2.30. The Morgan fingerprint density at radius 3 is 1.70 bits per heavy atom. The number of hydrogen-bond donors (Lipinski definition) is 1. The first kappa shape index (κ1) is 29.8. The summed E-state index contributed by atoms with van der Waals surface area (Å²) in [4.78, 5) is 11.9. The maximum absolute atomic E-state index is 12.4. The Morgan fingerprint density at radius 2 is 1.27 bits per heavy atom. The van der Waals surface area contributed by atoms with Crippen molar-refractivity contribution in [3.63, 3.8) is 0 Å². The van der Waals surface area contributed by atoms with Gasteiger partial charge in [-0.25, -0.2) is 4.79 Å². The SMILES string of the molecule is CCCCCCCCCCCCCCCCCCOC1=C([O-])[C@@H]([C@@H](O)C[N+](C)(C)C)OC1=O. The number of ether oxygens (including phenoxy) is 2. The molecule has 1 N–H and O–H groups in total. The fourth-order valence-corrected chi connectivity index (χ4v) is 4.32. The molecule has 0 saturated heterocycles. The summed E-state index contributed by atoms with van der Waals surface area (Å²) in [5.41, 5.74) is 0. The van der Waals surface area contributed by atoms with Crippen LogP contribution in [0.1, 0.15) is 110 Å². The molecule has 2 atom stereocenters. The highest BCUT2D eigenvalue weighted by Crippen LogP contribution is 2.23. The molecule has 0 aliphatic carbocycles. The molecular weight excluding hydrogens is 418 g/mol. The van der Waals surface area contributed by atoms with Crippen LogP contribution in [0.15, 0.2) is 11.5 Å². The van der Waals surface area contributed by atoms with Gasteiger partial charge >= 0.3 is 5.97 Å². The molecule has 0 saturated carbocycles. The van der Waals surface area contributed by atoms with Crippen LogP contribution in [0.4, 0.5) is 0 Å². The molecule has 6 nitrogen and oxygen atoms in total. The maximum Gasteiger partial charge on any atom is 0.373 e. The Kier molecular flexibility index (Phi) is 15.5. The van der Waals surface area contributed by atoms with Gasteiger partial charge in [0.25, 0.3) is 0 Å². The molecule has 0 aromatic rings. The first-order valence-electron chi connectivity index (χ1n) is 13.5. The number of aliphatic hydroxyl groups is 1. The van der Waals surface area contributed by atoms with E-state index in [2.05, 4.69) is 6.92 Å². The molecule has 0 fully saturated rings. The highest BCUT2D eigenvalue weighted by atomic mass is 16.6. The number of cyclic esters (lactones) is 1. The van der Waals surface area contributed by atoms with Crippen molar-refractivity contribution in [1.82, 2.24) is 0 Å². The van der Waals surface area contributed by atoms with Crippen molar-refractivity contribution in [3.8, 4) is 0 Å². The Bertz CT molecular complexity index is 555. The summed E-state index contributed by atoms with van der Waals surface area (Å²) in [6.45, 7) is 2.92. The monoisotopic (exact) mass is 469 g/mol. The smallest absolute Gasteiger partial charge is 0.373 e. The van der Waals surface area contributed by atoms with E-state index in [1.54, 1.807) is 0 Å². The lowest BCUT2D eigenvalue weighted by molar-refractivity contribution is -0.874. The molecule has 194 valence electrons. The predicted octanol–water partition coefficient (Wildman–Crippen LogP) is 4.83. The van der Waals surface area contributed by atoms with Crippen LogP contribution in [-0.4, -0.2) is 62.1 Å². The quantitative estimate of drug-likeness (QED) is 0.148. The van der Waals surface area contributed by atoms with Crippen LogP contribution in [0, 0.1) is 0 Å². The Balaban J connectivity index is 1.99. The van der Waals surface area contributed by atoms with Gasteiger partial charge in [-0.3, -0.25) is 0 Å². The molecule has 0 aromatic carbocycles. The maximum atomic E-state index is 12.4. The fourth-order valence-electron chi connectivity index (χ4n) is 4.32. The van der Waals surface area contributed by atoms with Crippen molar-refractivity contribution in [3.05, 3.63) is 11.5 Å². The van der Waals surface area contributed by atoms with E-state index in [-0.39, 0.29) is 5.76 Å². The van der Waals surface area contributed by atoms with E-state index in [0.29, 0.717) is 17.6 Å². The first-order valence-corrected chi connectivity index (χ1v) is 13.5. The standard InChI is InChI=1S/C27H51NO5/c1-5-6-7-8-9-10-11-12-13-14-15-16-17-18-19-20-21-32-26-24(30)25(33-27(26)31)23(29)22-28(2,3)4/h23,25,29H,5-22H2,1-4H3/t23-,25+/m0/s1. The molecule has 33 heavy (non-hydrogen) atoms. The van der Waals surface area contributed by atoms with E-state index in [0.717, 1.165) is 19.3 Å². The van der Waals surface area contributed by atoms with Crippen molar-refractivity contribution >= 4 is 5.97 Å². The topological polar surface area (TPSA) is 78.8 Å². The van der Waals surface area contributed by atoms with Gasteiger partial charge in [0, 0.05) is 0 Å². The number of rotatable bonds is 21. The molecule has 0 amide bonds. The summed E-state index contributed by atoms with van der Waals surface area (Å²) in [5.74, 6) is -1.53. The third kappa shape index (κ3) is 13.9. The summed E-state index contributed by atoms with van der Waals surface area (Å²) >= 11 is 0. The second-order valence-electron chi connectivity index (χ2n) is 10.7. The second-order valence-corrected chi connectivity index (χ2v) is 10.7. The number of quaternary nitrogens is 1. The van der Waals surface area contributed by atoms with Crippen molar-refractivity contribution in [1.29, 1.82) is 0 Å². The lowest BCUT2D eigenvalue weighted by Crippen LogP contribution is -2.47. The van der Waals surface area contributed by atoms with Gasteiger partial charge in [-0.2, -0.15) is 0 Å². The highest BCUT2D eigenvalue weighted by Gasteiger charge is 2.37. The molecule has 1 rings (SSSR count). The molecule has 0 radical (unpaired) electrons. The molecule has 1 aliphatic heterocycles. The Hall–Kier alpha value is -1.27. The van der Waals surface area contributed by atoms with E-state index >= 15 is 0 Å². The number of carbonyl (C=O) groups excluding carboxylic acids is 1. The van der Waals surface area contributed by atoms with Gasteiger partial charge in [-0.1, -0.05) is 103 Å². The molecule has 1 heterocycles. The van der Waals surface area contributed by atoms with Crippen LogP contribution >= 0.6 is 0 Å². The summed E-state index contributed by atoms with van der Waals surface area (Å²) in [6.07, 6.45) is 18.5. The number of likely N-dealkylation sites (N-methyl/N-ethyl adjacent to an activating group) is 1. The lowest BCUT2D eigenvalue weighted by atomic mass is 10.0. The highest BCUT2D eigenvalue weighted by molar-refractivity contribution is 5.89.